The number of rotatable bonds is 6. The Morgan fingerprint density at radius 2 is 2.07 bits per heavy atom. The Morgan fingerprint density at radius 3 is 2.71 bits per heavy atom. The van der Waals surface area contributed by atoms with Crippen LogP contribution in [0, 0.1) is 0 Å². The first-order chi connectivity index (χ1) is 6.83. The number of benzene rings is 1. The van der Waals surface area contributed by atoms with Crippen molar-refractivity contribution in [2.24, 2.45) is 0 Å². The summed E-state index contributed by atoms with van der Waals surface area (Å²) in [6.07, 6.45) is 0. The molecule has 3 nitrogen and oxygen atoms in total. The normalized spacial score (nSPS) is 12.4. The van der Waals surface area contributed by atoms with Crippen LogP contribution in [0.4, 0.5) is 0 Å². The SMILES string of the molecule is C[C@@H](COc1ccccc1)[NH2+]CCO. The molecule has 0 bridgehead atoms. The summed E-state index contributed by atoms with van der Waals surface area (Å²) in [5.41, 5.74) is 0. The molecule has 78 valence electrons. The van der Waals surface area contributed by atoms with E-state index < -0.39 is 0 Å². The van der Waals surface area contributed by atoms with E-state index in [1.165, 1.54) is 0 Å². The fourth-order valence-electron chi connectivity index (χ4n) is 1.17. The molecule has 0 aliphatic rings. The second kappa shape index (κ2) is 6.40. The quantitative estimate of drug-likeness (QED) is 0.673. The fraction of sp³-hybridized carbons (Fsp3) is 0.455. The molecule has 0 aliphatic carbocycles. The highest BCUT2D eigenvalue weighted by molar-refractivity contribution is 5.20. The molecule has 0 spiro atoms. The fourth-order valence-corrected chi connectivity index (χ4v) is 1.17. The third kappa shape index (κ3) is 4.25. The summed E-state index contributed by atoms with van der Waals surface area (Å²) in [4.78, 5) is 0. The van der Waals surface area contributed by atoms with Crippen molar-refractivity contribution in [3.8, 4) is 5.75 Å². The van der Waals surface area contributed by atoms with Crippen molar-refractivity contribution in [1.82, 2.24) is 0 Å². The van der Waals surface area contributed by atoms with Crippen molar-refractivity contribution >= 4 is 0 Å². The standard InChI is InChI=1S/C11H17NO2/c1-10(12-7-8-13)9-14-11-5-3-2-4-6-11/h2-6,10,12-13H,7-9H2,1H3/p+1/t10-/m0/s1. The molecule has 1 rings (SSSR count). The highest BCUT2D eigenvalue weighted by atomic mass is 16.5. The number of aliphatic hydroxyl groups is 1. The first-order valence-electron chi connectivity index (χ1n) is 4.95. The highest BCUT2D eigenvalue weighted by Gasteiger charge is 2.04. The van der Waals surface area contributed by atoms with Crippen LogP contribution >= 0.6 is 0 Å². The lowest BCUT2D eigenvalue weighted by Gasteiger charge is -2.11. The molecule has 0 aliphatic heterocycles. The van der Waals surface area contributed by atoms with Gasteiger partial charge in [0.05, 0.1) is 13.2 Å². The molecular weight excluding hydrogens is 178 g/mol. The third-order valence-electron chi connectivity index (χ3n) is 1.95. The second-order valence-electron chi connectivity index (χ2n) is 3.35. The first kappa shape index (κ1) is 11.0. The van der Waals surface area contributed by atoms with E-state index in [9.17, 15) is 0 Å². The topological polar surface area (TPSA) is 46.1 Å². The lowest BCUT2D eigenvalue weighted by Crippen LogP contribution is -2.91. The maximum atomic E-state index is 8.63. The van der Waals surface area contributed by atoms with Crippen LogP contribution in [0.25, 0.3) is 0 Å². The molecule has 0 unspecified atom stereocenters. The van der Waals surface area contributed by atoms with Crippen LogP contribution in [0.1, 0.15) is 6.92 Å². The number of hydrogen-bond acceptors (Lipinski definition) is 2. The Labute approximate surface area is 84.7 Å². The number of para-hydroxylation sites is 1. The van der Waals surface area contributed by atoms with Gasteiger partial charge in [0.25, 0.3) is 0 Å². The Balaban J connectivity index is 2.20. The van der Waals surface area contributed by atoms with Gasteiger partial charge in [-0.25, -0.2) is 0 Å². The van der Waals surface area contributed by atoms with E-state index in [2.05, 4.69) is 12.2 Å². The Hall–Kier alpha value is -1.06. The maximum Gasteiger partial charge on any atom is 0.139 e. The number of aliphatic hydroxyl groups excluding tert-OH is 1. The largest absolute Gasteiger partial charge is 0.487 e. The van der Waals surface area contributed by atoms with Crippen molar-refractivity contribution in [1.29, 1.82) is 0 Å². The molecule has 1 aromatic rings. The van der Waals surface area contributed by atoms with Gasteiger partial charge in [0.15, 0.2) is 0 Å². The van der Waals surface area contributed by atoms with Crippen LogP contribution in [-0.2, 0) is 0 Å². The van der Waals surface area contributed by atoms with E-state index in [0.717, 1.165) is 12.3 Å². The van der Waals surface area contributed by atoms with Gasteiger partial charge < -0.3 is 15.2 Å². The predicted octanol–water partition coefficient (Wildman–Crippen LogP) is 0.00960. The first-order valence-corrected chi connectivity index (χ1v) is 4.95. The van der Waals surface area contributed by atoms with E-state index in [4.69, 9.17) is 9.84 Å². The van der Waals surface area contributed by atoms with Gasteiger partial charge >= 0.3 is 0 Å². The summed E-state index contributed by atoms with van der Waals surface area (Å²) in [5, 5.41) is 10.7. The molecule has 3 N–H and O–H groups in total. The number of hydrogen-bond donors (Lipinski definition) is 2. The van der Waals surface area contributed by atoms with Crippen molar-refractivity contribution in [2.75, 3.05) is 19.8 Å². The van der Waals surface area contributed by atoms with E-state index in [1.807, 2.05) is 30.3 Å². The number of quaternary nitrogens is 1. The smallest absolute Gasteiger partial charge is 0.139 e. The van der Waals surface area contributed by atoms with Crippen LogP contribution in [0.3, 0.4) is 0 Å². The van der Waals surface area contributed by atoms with Gasteiger partial charge in [0.1, 0.15) is 18.4 Å². The van der Waals surface area contributed by atoms with Gasteiger partial charge in [-0.2, -0.15) is 0 Å². The van der Waals surface area contributed by atoms with Gasteiger partial charge in [-0.15, -0.1) is 0 Å². The molecular formula is C11H18NO2+. The van der Waals surface area contributed by atoms with Crippen LogP contribution in [0.15, 0.2) is 30.3 Å². The van der Waals surface area contributed by atoms with E-state index in [1.54, 1.807) is 0 Å². The molecule has 0 aromatic heterocycles. The Morgan fingerprint density at radius 1 is 1.36 bits per heavy atom. The van der Waals surface area contributed by atoms with Gasteiger partial charge in [-0.05, 0) is 19.1 Å². The maximum absolute atomic E-state index is 8.63. The molecule has 0 saturated heterocycles. The van der Waals surface area contributed by atoms with Crippen LogP contribution in [-0.4, -0.2) is 30.9 Å². The van der Waals surface area contributed by atoms with Gasteiger partial charge in [-0.1, -0.05) is 18.2 Å². The Bertz CT molecular complexity index is 238. The van der Waals surface area contributed by atoms with Crippen LogP contribution in [0.5, 0.6) is 5.75 Å². The molecule has 1 aromatic carbocycles. The molecule has 3 heteroatoms. The zero-order valence-corrected chi connectivity index (χ0v) is 8.52. The molecule has 0 heterocycles. The van der Waals surface area contributed by atoms with Gasteiger partial charge in [0.2, 0.25) is 0 Å². The molecule has 0 amide bonds. The zero-order chi connectivity index (χ0) is 10.2. The Kier molecular flexibility index (Phi) is 5.04. The minimum atomic E-state index is 0.218. The summed E-state index contributed by atoms with van der Waals surface area (Å²) >= 11 is 0. The monoisotopic (exact) mass is 196 g/mol. The second-order valence-corrected chi connectivity index (χ2v) is 3.35. The molecule has 0 fully saturated rings. The van der Waals surface area contributed by atoms with E-state index in [0.29, 0.717) is 12.6 Å². The number of nitrogens with two attached hydrogens (primary N) is 1. The van der Waals surface area contributed by atoms with Crippen molar-refractivity contribution < 1.29 is 15.2 Å². The number of ether oxygens (including phenoxy) is 1. The molecule has 0 saturated carbocycles. The van der Waals surface area contributed by atoms with E-state index >= 15 is 0 Å². The lowest BCUT2D eigenvalue weighted by molar-refractivity contribution is -0.687. The minimum absolute atomic E-state index is 0.218. The molecule has 0 radical (unpaired) electrons. The van der Waals surface area contributed by atoms with E-state index in [-0.39, 0.29) is 6.61 Å². The summed E-state index contributed by atoms with van der Waals surface area (Å²) in [7, 11) is 0. The van der Waals surface area contributed by atoms with Crippen molar-refractivity contribution in [3.05, 3.63) is 30.3 Å². The minimum Gasteiger partial charge on any atom is -0.487 e. The van der Waals surface area contributed by atoms with Gasteiger partial charge in [-0.3, -0.25) is 0 Å². The van der Waals surface area contributed by atoms with Crippen LogP contribution < -0.4 is 10.1 Å². The zero-order valence-electron chi connectivity index (χ0n) is 8.52. The lowest BCUT2D eigenvalue weighted by atomic mass is 10.3. The summed E-state index contributed by atoms with van der Waals surface area (Å²) in [6.45, 7) is 3.71. The average molecular weight is 196 g/mol. The average Bonchev–Trinajstić information content (AvgIpc) is 2.25. The highest BCUT2D eigenvalue weighted by Crippen LogP contribution is 2.07. The summed E-state index contributed by atoms with van der Waals surface area (Å²) in [5.74, 6) is 0.900. The molecule has 14 heavy (non-hydrogen) atoms. The summed E-state index contributed by atoms with van der Waals surface area (Å²) < 4.78 is 5.55. The van der Waals surface area contributed by atoms with Gasteiger partial charge in [0, 0.05) is 0 Å². The van der Waals surface area contributed by atoms with Crippen LogP contribution in [0.2, 0.25) is 0 Å². The molecule has 1 atom stereocenters. The van der Waals surface area contributed by atoms with Crippen molar-refractivity contribution in [3.63, 3.8) is 0 Å². The predicted molar refractivity (Wildman–Crippen MR) is 55.3 cm³/mol. The summed E-state index contributed by atoms with van der Waals surface area (Å²) in [6, 6.07) is 10.1. The van der Waals surface area contributed by atoms with Crippen molar-refractivity contribution in [2.45, 2.75) is 13.0 Å². The third-order valence-corrected chi connectivity index (χ3v) is 1.95.